The van der Waals surface area contributed by atoms with E-state index in [1.165, 1.54) is 6.33 Å². The zero-order chi connectivity index (χ0) is 19.2. The summed E-state index contributed by atoms with van der Waals surface area (Å²) in [6.07, 6.45) is 1.43. The van der Waals surface area contributed by atoms with Gasteiger partial charge in [-0.1, -0.05) is 12.1 Å². The third kappa shape index (κ3) is 4.52. The van der Waals surface area contributed by atoms with Crippen LogP contribution < -0.4 is 16.4 Å². The lowest BCUT2D eigenvalue weighted by Gasteiger charge is -2.13. The van der Waals surface area contributed by atoms with Gasteiger partial charge in [0.25, 0.3) is 0 Å². The number of nitrogens with zero attached hydrogens (tertiary/aromatic N) is 2. The number of carbonyl (C=O) groups is 1. The van der Waals surface area contributed by atoms with Crippen molar-refractivity contribution < 1.29 is 9.53 Å². The molecule has 0 radical (unpaired) electrons. The van der Waals surface area contributed by atoms with Gasteiger partial charge in [-0.3, -0.25) is 0 Å². The minimum absolute atomic E-state index is 0.340. The number of hydrogen-bond acceptors (Lipinski definition) is 7. The van der Waals surface area contributed by atoms with Gasteiger partial charge in [0.05, 0.1) is 12.2 Å². The van der Waals surface area contributed by atoms with Crippen LogP contribution in [0.25, 0.3) is 0 Å². The molecule has 7 heteroatoms. The average Bonchev–Trinajstić information content (AvgIpc) is 2.66. The predicted octanol–water partition coefficient (Wildman–Crippen LogP) is 4.03. The van der Waals surface area contributed by atoms with Crippen LogP contribution in [0.1, 0.15) is 22.8 Å². The van der Waals surface area contributed by atoms with Gasteiger partial charge in [-0.25, -0.2) is 14.8 Å². The molecule has 0 amide bonds. The van der Waals surface area contributed by atoms with Crippen LogP contribution in [0.15, 0.2) is 54.9 Å². The van der Waals surface area contributed by atoms with Crippen molar-refractivity contribution in [1.29, 1.82) is 0 Å². The van der Waals surface area contributed by atoms with Crippen LogP contribution in [0.2, 0.25) is 0 Å². The third-order valence-corrected chi connectivity index (χ3v) is 3.82. The molecule has 0 atom stereocenters. The molecule has 3 aromatic rings. The number of anilines is 5. The zero-order valence-corrected chi connectivity index (χ0v) is 15.2. The molecule has 138 valence electrons. The second kappa shape index (κ2) is 8.18. The molecule has 1 aromatic heterocycles. The summed E-state index contributed by atoms with van der Waals surface area (Å²) in [5.41, 5.74) is 9.86. The number of carbonyl (C=O) groups excluding carboxylic acids is 1. The van der Waals surface area contributed by atoms with Crippen molar-refractivity contribution in [3.05, 3.63) is 66.0 Å². The monoisotopic (exact) mass is 363 g/mol. The second-order valence-electron chi connectivity index (χ2n) is 5.90. The van der Waals surface area contributed by atoms with Gasteiger partial charge in [0.15, 0.2) is 11.6 Å². The van der Waals surface area contributed by atoms with E-state index in [4.69, 9.17) is 10.5 Å². The largest absolute Gasteiger partial charge is 0.462 e. The van der Waals surface area contributed by atoms with E-state index in [0.29, 0.717) is 29.5 Å². The molecule has 4 N–H and O–H groups in total. The van der Waals surface area contributed by atoms with Crippen LogP contribution in [0.5, 0.6) is 0 Å². The topological polar surface area (TPSA) is 102 Å². The summed E-state index contributed by atoms with van der Waals surface area (Å²) in [4.78, 5) is 20.1. The summed E-state index contributed by atoms with van der Waals surface area (Å²) < 4.78 is 4.98. The Hall–Kier alpha value is -3.61. The highest BCUT2D eigenvalue weighted by atomic mass is 16.5. The van der Waals surface area contributed by atoms with Crippen LogP contribution in [-0.2, 0) is 4.74 Å². The minimum atomic E-state index is -0.352. The van der Waals surface area contributed by atoms with Gasteiger partial charge in [-0.05, 0) is 55.8 Å². The molecule has 0 saturated heterocycles. The number of aryl methyl sites for hydroxylation is 1. The molecule has 0 unspecified atom stereocenters. The first-order valence-corrected chi connectivity index (χ1v) is 8.55. The summed E-state index contributed by atoms with van der Waals surface area (Å²) in [6.45, 7) is 4.13. The Morgan fingerprint density at radius 1 is 1.04 bits per heavy atom. The second-order valence-corrected chi connectivity index (χ2v) is 5.90. The highest BCUT2D eigenvalue weighted by Gasteiger charge is 2.10. The Bertz CT molecular complexity index is 941. The molecule has 0 bridgehead atoms. The Labute approximate surface area is 157 Å². The number of esters is 1. The number of hydrogen-bond donors (Lipinski definition) is 3. The predicted molar refractivity (Wildman–Crippen MR) is 107 cm³/mol. The molecule has 27 heavy (non-hydrogen) atoms. The van der Waals surface area contributed by atoms with E-state index in [9.17, 15) is 4.79 Å². The molecule has 0 aliphatic carbocycles. The number of ether oxygens (including phenoxy) is 1. The molecule has 0 fully saturated rings. The third-order valence-electron chi connectivity index (χ3n) is 3.82. The average molecular weight is 363 g/mol. The molecule has 0 aliphatic rings. The van der Waals surface area contributed by atoms with Crippen LogP contribution in [-0.4, -0.2) is 22.5 Å². The van der Waals surface area contributed by atoms with Gasteiger partial charge >= 0.3 is 5.97 Å². The van der Waals surface area contributed by atoms with E-state index < -0.39 is 0 Å². The molecule has 2 aromatic carbocycles. The fraction of sp³-hybridized carbons (Fsp3) is 0.150. The first kappa shape index (κ1) is 18.2. The van der Waals surface area contributed by atoms with Crippen molar-refractivity contribution in [3.63, 3.8) is 0 Å². The molecular weight excluding hydrogens is 342 g/mol. The first-order chi connectivity index (χ1) is 13.1. The smallest absolute Gasteiger partial charge is 0.338 e. The van der Waals surface area contributed by atoms with Crippen LogP contribution in [0.4, 0.5) is 28.7 Å². The van der Waals surface area contributed by atoms with Crippen molar-refractivity contribution in [1.82, 2.24) is 9.97 Å². The lowest BCUT2D eigenvalue weighted by molar-refractivity contribution is 0.0526. The van der Waals surface area contributed by atoms with Gasteiger partial charge in [0.1, 0.15) is 12.0 Å². The standard InChI is InChI=1S/C20H21N5O2/c1-3-27-20(26)14-7-9-15(10-8-14)24-18-17(21)19(23-12-22-18)25-16-6-4-5-13(2)11-16/h4-12H,3,21H2,1-2H3,(H2,22,23,24,25). The van der Waals surface area contributed by atoms with Crippen LogP contribution in [0.3, 0.4) is 0 Å². The maximum atomic E-state index is 11.7. The number of nitrogens with two attached hydrogens (primary N) is 1. The summed E-state index contributed by atoms with van der Waals surface area (Å²) in [5, 5.41) is 6.34. The van der Waals surface area contributed by atoms with E-state index in [2.05, 4.69) is 20.6 Å². The molecule has 3 rings (SSSR count). The van der Waals surface area contributed by atoms with Gasteiger partial charge in [0, 0.05) is 11.4 Å². The Morgan fingerprint density at radius 3 is 2.33 bits per heavy atom. The maximum absolute atomic E-state index is 11.7. The zero-order valence-electron chi connectivity index (χ0n) is 15.2. The summed E-state index contributed by atoms with van der Waals surface area (Å²) in [5.74, 6) is 0.639. The van der Waals surface area contributed by atoms with Gasteiger partial charge in [-0.15, -0.1) is 0 Å². The number of aromatic nitrogens is 2. The summed E-state index contributed by atoms with van der Waals surface area (Å²) in [7, 11) is 0. The van der Waals surface area contributed by atoms with E-state index in [0.717, 1.165) is 16.9 Å². The van der Waals surface area contributed by atoms with Gasteiger partial charge < -0.3 is 21.1 Å². The Balaban J connectivity index is 1.76. The van der Waals surface area contributed by atoms with Crippen molar-refractivity contribution in [3.8, 4) is 0 Å². The van der Waals surface area contributed by atoms with Crippen molar-refractivity contribution >= 4 is 34.7 Å². The van der Waals surface area contributed by atoms with E-state index in [1.54, 1.807) is 31.2 Å². The SMILES string of the molecule is CCOC(=O)c1ccc(Nc2ncnc(Nc3cccc(C)c3)c2N)cc1. The number of nitrogens with one attached hydrogen (secondary N) is 2. The van der Waals surface area contributed by atoms with E-state index >= 15 is 0 Å². The van der Waals surface area contributed by atoms with Crippen molar-refractivity contribution in [2.24, 2.45) is 0 Å². The van der Waals surface area contributed by atoms with E-state index in [-0.39, 0.29) is 5.97 Å². The van der Waals surface area contributed by atoms with Crippen LogP contribution in [0, 0.1) is 6.92 Å². The normalized spacial score (nSPS) is 10.3. The highest BCUT2D eigenvalue weighted by molar-refractivity contribution is 5.90. The number of benzene rings is 2. The lowest BCUT2D eigenvalue weighted by atomic mass is 10.2. The first-order valence-electron chi connectivity index (χ1n) is 8.55. The fourth-order valence-corrected chi connectivity index (χ4v) is 2.50. The fourth-order valence-electron chi connectivity index (χ4n) is 2.50. The molecule has 0 saturated carbocycles. The Kier molecular flexibility index (Phi) is 5.51. The molecular formula is C20H21N5O2. The number of nitrogen functional groups attached to an aromatic ring is 1. The molecule has 7 nitrogen and oxygen atoms in total. The highest BCUT2D eigenvalue weighted by Crippen LogP contribution is 2.28. The minimum Gasteiger partial charge on any atom is -0.462 e. The van der Waals surface area contributed by atoms with Gasteiger partial charge in [0.2, 0.25) is 0 Å². The Morgan fingerprint density at radius 2 is 1.70 bits per heavy atom. The molecule has 1 heterocycles. The van der Waals surface area contributed by atoms with Crippen molar-refractivity contribution in [2.45, 2.75) is 13.8 Å². The lowest BCUT2D eigenvalue weighted by Crippen LogP contribution is -2.06. The van der Waals surface area contributed by atoms with Crippen LogP contribution >= 0.6 is 0 Å². The molecule has 0 spiro atoms. The maximum Gasteiger partial charge on any atom is 0.338 e. The van der Waals surface area contributed by atoms with Gasteiger partial charge in [-0.2, -0.15) is 0 Å². The summed E-state index contributed by atoms with van der Waals surface area (Å²) >= 11 is 0. The molecule has 0 aliphatic heterocycles. The quantitative estimate of drug-likeness (QED) is 0.568. The summed E-state index contributed by atoms with van der Waals surface area (Å²) in [6, 6.07) is 14.8. The number of rotatable bonds is 6. The van der Waals surface area contributed by atoms with Crippen molar-refractivity contribution in [2.75, 3.05) is 23.0 Å². The van der Waals surface area contributed by atoms with E-state index in [1.807, 2.05) is 31.2 Å².